The van der Waals surface area contributed by atoms with Gasteiger partial charge in [0.1, 0.15) is 11.7 Å². The Morgan fingerprint density at radius 3 is 2.69 bits per heavy atom. The van der Waals surface area contributed by atoms with Crippen LogP contribution < -0.4 is 10.9 Å². The van der Waals surface area contributed by atoms with Crippen molar-refractivity contribution in [3.63, 3.8) is 0 Å². The van der Waals surface area contributed by atoms with E-state index in [1.165, 1.54) is 18.2 Å². The highest BCUT2D eigenvalue weighted by Crippen LogP contribution is 1.95. The number of rotatable bonds is 4. The van der Waals surface area contributed by atoms with E-state index in [0.29, 0.717) is 0 Å². The lowest BCUT2D eigenvalue weighted by Crippen LogP contribution is -2.40. The summed E-state index contributed by atoms with van der Waals surface area (Å²) >= 11 is 0. The molecule has 6 nitrogen and oxygen atoms in total. The van der Waals surface area contributed by atoms with Crippen LogP contribution in [0.1, 0.15) is 23.8 Å². The molecule has 6 heteroatoms. The monoisotopic (exact) mass is 224 g/mol. The zero-order chi connectivity index (χ0) is 12.1. The summed E-state index contributed by atoms with van der Waals surface area (Å²) in [6, 6.07) is 3.16. The van der Waals surface area contributed by atoms with E-state index in [4.69, 9.17) is 5.11 Å². The molecule has 0 saturated carbocycles. The summed E-state index contributed by atoms with van der Waals surface area (Å²) in [6.07, 6.45) is 0.276. The second-order valence-corrected chi connectivity index (χ2v) is 3.20. The molecule has 0 aromatic carbocycles. The zero-order valence-corrected chi connectivity index (χ0v) is 8.69. The van der Waals surface area contributed by atoms with Gasteiger partial charge in [-0.25, -0.2) is 4.79 Å². The lowest BCUT2D eigenvalue weighted by Gasteiger charge is -2.11. The molecule has 0 unspecified atom stereocenters. The van der Waals surface area contributed by atoms with Crippen molar-refractivity contribution >= 4 is 11.9 Å². The van der Waals surface area contributed by atoms with Crippen molar-refractivity contribution in [2.45, 2.75) is 19.4 Å². The first-order chi connectivity index (χ1) is 7.54. The topological polar surface area (TPSA) is 99.3 Å². The molecule has 0 radical (unpaired) electrons. The largest absolute Gasteiger partial charge is 0.480 e. The van der Waals surface area contributed by atoms with Gasteiger partial charge in [0.2, 0.25) is 5.56 Å². The minimum atomic E-state index is -1.10. The summed E-state index contributed by atoms with van der Waals surface area (Å²) in [5.41, 5.74) is -0.358. The van der Waals surface area contributed by atoms with Crippen LogP contribution in [0.15, 0.2) is 23.0 Å². The van der Waals surface area contributed by atoms with Gasteiger partial charge in [-0.15, -0.1) is 0 Å². The molecule has 1 amide bonds. The van der Waals surface area contributed by atoms with Gasteiger partial charge in [0.05, 0.1) is 0 Å². The summed E-state index contributed by atoms with van der Waals surface area (Å²) in [5.74, 6) is -1.71. The highest BCUT2D eigenvalue weighted by molar-refractivity contribution is 5.94. The van der Waals surface area contributed by atoms with Crippen LogP contribution in [0.25, 0.3) is 0 Å². The van der Waals surface area contributed by atoms with Gasteiger partial charge in [-0.05, 0) is 12.5 Å². The maximum atomic E-state index is 11.5. The smallest absolute Gasteiger partial charge is 0.326 e. The number of aromatic amines is 1. The van der Waals surface area contributed by atoms with E-state index in [1.54, 1.807) is 6.92 Å². The molecule has 1 aromatic heterocycles. The fraction of sp³-hybridized carbons (Fsp3) is 0.300. The molecule has 16 heavy (non-hydrogen) atoms. The van der Waals surface area contributed by atoms with Crippen LogP contribution in [0.2, 0.25) is 0 Å². The highest BCUT2D eigenvalue weighted by Gasteiger charge is 2.18. The SMILES string of the molecule is CC[C@@H](NC(=O)c1cccc(=O)[nH]1)C(=O)O. The van der Waals surface area contributed by atoms with Crippen LogP contribution in [-0.2, 0) is 4.79 Å². The third-order valence-corrected chi connectivity index (χ3v) is 2.02. The van der Waals surface area contributed by atoms with Crippen molar-refractivity contribution in [3.8, 4) is 0 Å². The van der Waals surface area contributed by atoms with Gasteiger partial charge in [0.15, 0.2) is 0 Å². The summed E-state index contributed by atoms with van der Waals surface area (Å²) in [7, 11) is 0. The normalized spacial score (nSPS) is 11.8. The van der Waals surface area contributed by atoms with Crippen LogP contribution in [0, 0.1) is 0 Å². The number of carboxylic acids is 1. The van der Waals surface area contributed by atoms with E-state index in [1.807, 2.05) is 0 Å². The molecule has 1 atom stereocenters. The second-order valence-electron chi connectivity index (χ2n) is 3.20. The molecule has 0 aliphatic rings. The Labute approximate surface area is 91.3 Å². The molecular weight excluding hydrogens is 212 g/mol. The van der Waals surface area contributed by atoms with Gasteiger partial charge >= 0.3 is 5.97 Å². The van der Waals surface area contributed by atoms with E-state index in [9.17, 15) is 14.4 Å². The van der Waals surface area contributed by atoms with Crippen LogP contribution in [-0.4, -0.2) is 28.0 Å². The Balaban J connectivity index is 2.79. The summed E-state index contributed by atoms with van der Waals surface area (Å²) in [4.78, 5) is 35.5. The molecule has 1 heterocycles. The highest BCUT2D eigenvalue weighted by atomic mass is 16.4. The van der Waals surface area contributed by atoms with E-state index < -0.39 is 23.5 Å². The van der Waals surface area contributed by atoms with Crippen LogP contribution in [0.3, 0.4) is 0 Å². The van der Waals surface area contributed by atoms with Crippen molar-refractivity contribution in [3.05, 3.63) is 34.2 Å². The maximum Gasteiger partial charge on any atom is 0.326 e. The number of aromatic nitrogens is 1. The Morgan fingerprint density at radius 2 is 2.19 bits per heavy atom. The first-order valence-corrected chi connectivity index (χ1v) is 4.77. The van der Waals surface area contributed by atoms with Gasteiger partial charge in [-0.1, -0.05) is 13.0 Å². The van der Waals surface area contributed by atoms with Gasteiger partial charge in [-0.3, -0.25) is 9.59 Å². The summed E-state index contributed by atoms with van der Waals surface area (Å²) in [5, 5.41) is 11.0. The number of hydrogen-bond donors (Lipinski definition) is 3. The summed E-state index contributed by atoms with van der Waals surface area (Å²) < 4.78 is 0. The maximum absolute atomic E-state index is 11.5. The van der Waals surface area contributed by atoms with Crippen LogP contribution in [0.4, 0.5) is 0 Å². The third kappa shape index (κ3) is 2.94. The quantitative estimate of drug-likeness (QED) is 0.668. The third-order valence-electron chi connectivity index (χ3n) is 2.02. The molecule has 1 aromatic rings. The standard InChI is InChI=1S/C10H12N2O4/c1-2-6(10(15)16)12-9(14)7-4-3-5-8(13)11-7/h3-6H,2H2,1H3,(H,11,13)(H,12,14)(H,15,16)/t6-/m1/s1. The minimum Gasteiger partial charge on any atom is -0.480 e. The zero-order valence-electron chi connectivity index (χ0n) is 8.69. The molecule has 3 N–H and O–H groups in total. The average molecular weight is 224 g/mol. The van der Waals surface area contributed by atoms with E-state index in [-0.39, 0.29) is 12.1 Å². The fourth-order valence-electron chi connectivity index (χ4n) is 1.15. The van der Waals surface area contributed by atoms with Gasteiger partial charge in [-0.2, -0.15) is 0 Å². The number of hydrogen-bond acceptors (Lipinski definition) is 3. The minimum absolute atomic E-state index is 0.0483. The van der Waals surface area contributed by atoms with Crippen molar-refractivity contribution < 1.29 is 14.7 Å². The van der Waals surface area contributed by atoms with E-state index in [0.717, 1.165) is 0 Å². The lowest BCUT2D eigenvalue weighted by molar-refractivity contribution is -0.139. The number of carbonyl (C=O) groups excluding carboxylic acids is 1. The predicted octanol–water partition coefficient (Wildman–Crippen LogP) is -0.0321. The molecule has 0 fully saturated rings. The number of carboxylic acid groups (broad SMARTS) is 1. The Hall–Kier alpha value is -2.11. The Kier molecular flexibility index (Phi) is 3.82. The van der Waals surface area contributed by atoms with Crippen molar-refractivity contribution in [1.29, 1.82) is 0 Å². The molecule has 0 spiro atoms. The summed E-state index contributed by atoms with van der Waals surface area (Å²) in [6.45, 7) is 1.65. The number of aliphatic carboxylic acids is 1. The fourth-order valence-corrected chi connectivity index (χ4v) is 1.15. The Morgan fingerprint density at radius 1 is 1.50 bits per heavy atom. The molecular formula is C10H12N2O4. The molecule has 0 saturated heterocycles. The number of nitrogens with one attached hydrogen (secondary N) is 2. The van der Waals surface area contributed by atoms with Crippen molar-refractivity contribution in [2.75, 3.05) is 0 Å². The Bertz CT molecular complexity index is 452. The lowest BCUT2D eigenvalue weighted by atomic mass is 10.2. The predicted molar refractivity (Wildman–Crippen MR) is 56.2 cm³/mol. The van der Waals surface area contributed by atoms with E-state index in [2.05, 4.69) is 10.3 Å². The first-order valence-electron chi connectivity index (χ1n) is 4.77. The molecule has 1 rings (SSSR count). The van der Waals surface area contributed by atoms with Crippen molar-refractivity contribution in [1.82, 2.24) is 10.3 Å². The van der Waals surface area contributed by atoms with Gasteiger partial charge in [0, 0.05) is 6.07 Å². The van der Waals surface area contributed by atoms with Crippen LogP contribution >= 0.6 is 0 Å². The number of pyridine rings is 1. The average Bonchev–Trinajstić information content (AvgIpc) is 2.25. The number of carbonyl (C=O) groups is 2. The number of H-pyrrole nitrogens is 1. The molecule has 0 aliphatic carbocycles. The second kappa shape index (κ2) is 5.11. The van der Waals surface area contributed by atoms with Crippen LogP contribution in [0.5, 0.6) is 0 Å². The van der Waals surface area contributed by atoms with E-state index >= 15 is 0 Å². The number of amides is 1. The van der Waals surface area contributed by atoms with Gasteiger partial charge in [0.25, 0.3) is 5.91 Å². The molecule has 86 valence electrons. The molecule has 0 bridgehead atoms. The molecule has 0 aliphatic heterocycles. The van der Waals surface area contributed by atoms with Gasteiger partial charge < -0.3 is 15.4 Å². The first kappa shape index (κ1) is 12.0. The van der Waals surface area contributed by atoms with Crippen molar-refractivity contribution in [2.24, 2.45) is 0 Å².